The molecule has 66 valence electrons. The van der Waals surface area contributed by atoms with Gasteiger partial charge in [-0.15, -0.1) is 0 Å². The lowest BCUT2D eigenvalue weighted by molar-refractivity contribution is -0.523. The quantitative estimate of drug-likeness (QED) is 0.610. The lowest BCUT2D eigenvalue weighted by atomic mass is 10.3. The SMILES string of the molecule is Cc1cc(C)[n+]2cccc(O)c2n1. The van der Waals surface area contributed by atoms with Gasteiger partial charge < -0.3 is 5.11 Å². The van der Waals surface area contributed by atoms with Crippen molar-refractivity contribution in [3.63, 3.8) is 0 Å². The second-order valence-electron chi connectivity index (χ2n) is 3.13. The van der Waals surface area contributed by atoms with Gasteiger partial charge in [0, 0.05) is 13.0 Å². The minimum absolute atomic E-state index is 0.217. The average Bonchev–Trinajstić information content (AvgIpc) is 2.07. The summed E-state index contributed by atoms with van der Waals surface area (Å²) in [6.07, 6.45) is 1.89. The van der Waals surface area contributed by atoms with Crippen LogP contribution in [0.3, 0.4) is 0 Å². The maximum absolute atomic E-state index is 9.54. The van der Waals surface area contributed by atoms with Crippen molar-refractivity contribution in [2.45, 2.75) is 13.8 Å². The number of nitrogens with zero attached hydrogens (tertiary/aromatic N) is 2. The summed E-state index contributed by atoms with van der Waals surface area (Å²) in [5, 5.41) is 9.54. The molecule has 0 radical (unpaired) electrons. The number of aryl methyl sites for hydroxylation is 2. The van der Waals surface area contributed by atoms with Crippen LogP contribution in [0.4, 0.5) is 0 Å². The summed E-state index contributed by atoms with van der Waals surface area (Å²) in [6.45, 7) is 3.90. The number of pyridine rings is 1. The summed E-state index contributed by atoms with van der Waals surface area (Å²) in [5.74, 6) is 0.217. The Morgan fingerprint density at radius 1 is 1.38 bits per heavy atom. The molecule has 0 spiro atoms. The highest BCUT2D eigenvalue weighted by atomic mass is 16.3. The van der Waals surface area contributed by atoms with Gasteiger partial charge >= 0.3 is 5.65 Å². The first kappa shape index (κ1) is 7.98. The van der Waals surface area contributed by atoms with E-state index in [2.05, 4.69) is 4.98 Å². The maximum Gasteiger partial charge on any atom is 0.370 e. The number of aromatic hydroxyl groups is 1. The third-order valence-corrected chi connectivity index (χ3v) is 2.03. The Bertz CT molecular complexity index is 466. The molecule has 0 saturated heterocycles. The third-order valence-electron chi connectivity index (χ3n) is 2.03. The fraction of sp³-hybridized carbons (Fsp3) is 0.200. The van der Waals surface area contributed by atoms with E-state index in [-0.39, 0.29) is 5.75 Å². The minimum atomic E-state index is 0.217. The second kappa shape index (κ2) is 2.69. The molecule has 0 amide bonds. The highest BCUT2D eigenvalue weighted by Gasteiger charge is 2.12. The van der Waals surface area contributed by atoms with Crippen LogP contribution in [0.5, 0.6) is 5.75 Å². The number of hydrogen-bond donors (Lipinski definition) is 1. The van der Waals surface area contributed by atoms with Crippen LogP contribution in [-0.2, 0) is 0 Å². The first-order valence-corrected chi connectivity index (χ1v) is 4.16. The fourth-order valence-electron chi connectivity index (χ4n) is 1.46. The smallest absolute Gasteiger partial charge is 0.370 e. The van der Waals surface area contributed by atoms with Gasteiger partial charge in [-0.2, -0.15) is 4.40 Å². The first-order valence-electron chi connectivity index (χ1n) is 4.16. The summed E-state index contributed by atoms with van der Waals surface area (Å²) in [4.78, 5) is 4.25. The normalized spacial score (nSPS) is 10.6. The number of hydrogen-bond acceptors (Lipinski definition) is 2. The van der Waals surface area contributed by atoms with Crippen LogP contribution in [0.2, 0.25) is 0 Å². The zero-order valence-corrected chi connectivity index (χ0v) is 7.65. The summed E-state index contributed by atoms with van der Waals surface area (Å²) in [7, 11) is 0. The van der Waals surface area contributed by atoms with Gasteiger partial charge in [-0.05, 0) is 24.0 Å². The Kier molecular flexibility index (Phi) is 1.65. The van der Waals surface area contributed by atoms with E-state index in [1.165, 1.54) is 0 Å². The summed E-state index contributed by atoms with van der Waals surface area (Å²) >= 11 is 0. The second-order valence-corrected chi connectivity index (χ2v) is 3.13. The number of rotatable bonds is 0. The molecule has 2 aromatic rings. The van der Waals surface area contributed by atoms with E-state index in [9.17, 15) is 5.11 Å². The van der Waals surface area contributed by atoms with Crippen molar-refractivity contribution in [2.75, 3.05) is 0 Å². The summed E-state index contributed by atoms with van der Waals surface area (Å²) in [6, 6.07) is 5.42. The Labute approximate surface area is 76.3 Å². The van der Waals surface area contributed by atoms with Crippen LogP contribution in [0, 0.1) is 13.8 Å². The van der Waals surface area contributed by atoms with Gasteiger partial charge in [-0.3, -0.25) is 0 Å². The molecule has 3 nitrogen and oxygen atoms in total. The summed E-state index contributed by atoms with van der Waals surface area (Å²) in [5.41, 5.74) is 2.59. The Morgan fingerprint density at radius 2 is 2.15 bits per heavy atom. The maximum atomic E-state index is 9.54. The topological polar surface area (TPSA) is 37.2 Å². The van der Waals surface area contributed by atoms with Crippen LogP contribution in [0.25, 0.3) is 5.65 Å². The first-order chi connectivity index (χ1) is 6.18. The van der Waals surface area contributed by atoms with Crippen molar-refractivity contribution >= 4 is 5.65 Å². The van der Waals surface area contributed by atoms with Gasteiger partial charge in [0.1, 0.15) is 5.69 Å². The molecule has 0 fully saturated rings. The Balaban J connectivity index is 2.94. The molecule has 0 aliphatic rings. The van der Waals surface area contributed by atoms with Crippen molar-refractivity contribution < 1.29 is 9.51 Å². The molecule has 0 bridgehead atoms. The largest absolute Gasteiger partial charge is 0.501 e. The van der Waals surface area contributed by atoms with Gasteiger partial charge in [-0.25, -0.2) is 0 Å². The molecule has 0 atom stereocenters. The van der Waals surface area contributed by atoms with Crippen molar-refractivity contribution in [1.29, 1.82) is 0 Å². The number of aromatic nitrogens is 2. The minimum Gasteiger partial charge on any atom is -0.501 e. The number of fused-ring (bicyclic) bond motifs is 1. The van der Waals surface area contributed by atoms with Crippen molar-refractivity contribution in [3.05, 3.63) is 35.8 Å². The molecular weight excluding hydrogens is 164 g/mol. The molecule has 0 unspecified atom stereocenters. The third kappa shape index (κ3) is 1.22. The van der Waals surface area contributed by atoms with Gasteiger partial charge in [0.15, 0.2) is 5.69 Å². The van der Waals surface area contributed by atoms with Gasteiger partial charge in [-0.1, -0.05) is 0 Å². The van der Waals surface area contributed by atoms with Crippen molar-refractivity contribution in [3.8, 4) is 5.75 Å². The van der Waals surface area contributed by atoms with Crippen LogP contribution < -0.4 is 4.40 Å². The van der Waals surface area contributed by atoms with Crippen LogP contribution >= 0.6 is 0 Å². The van der Waals surface area contributed by atoms with E-state index in [0.29, 0.717) is 5.65 Å². The molecule has 2 rings (SSSR count). The molecule has 2 aromatic heterocycles. The molecule has 13 heavy (non-hydrogen) atoms. The van der Waals surface area contributed by atoms with E-state index >= 15 is 0 Å². The molecule has 0 aliphatic carbocycles. The lowest BCUT2D eigenvalue weighted by Crippen LogP contribution is -2.26. The molecule has 3 heteroatoms. The van der Waals surface area contributed by atoms with Crippen LogP contribution in [-0.4, -0.2) is 10.1 Å². The molecule has 2 heterocycles. The molecule has 0 aliphatic heterocycles. The summed E-state index contributed by atoms with van der Waals surface area (Å²) < 4.78 is 1.86. The zero-order chi connectivity index (χ0) is 9.42. The predicted molar refractivity (Wildman–Crippen MR) is 48.5 cm³/mol. The van der Waals surface area contributed by atoms with Crippen LogP contribution in [0.15, 0.2) is 24.4 Å². The molecular formula is C10H11N2O+. The van der Waals surface area contributed by atoms with Crippen molar-refractivity contribution in [2.24, 2.45) is 0 Å². The Hall–Kier alpha value is -1.64. The van der Waals surface area contributed by atoms with Gasteiger partial charge in [0.2, 0.25) is 5.75 Å². The molecule has 0 aromatic carbocycles. The zero-order valence-electron chi connectivity index (χ0n) is 7.65. The van der Waals surface area contributed by atoms with Gasteiger partial charge in [0.25, 0.3) is 0 Å². The highest BCUT2D eigenvalue weighted by molar-refractivity contribution is 5.45. The standard InChI is InChI=1S/C10H10N2O/c1-7-6-8(2)12-5-3-4-9(13)10(12)11-7/h3-6H,1-2H3/p+1. The van der Waals surface area contributed by atoms with E-state index in [1.54, 1.807) is 12.1 Å². The van der Waals surface area contributed by atoms with E-state index in [4.69, 9.17) is 0 Å². The van der Waals surface area contributed by atoms with Crippen molar-refractivity contribution in [1.82, 2.24) is 4.98 Å². The lowest BCUT2D eigenvalue weighted by Gasteiger charge is -1.97. The van der Waals surface area contributed by atoms with E-state index in [1.807, 2.05) is 30.5 Å². The Morgan fingerprint density at radius 3 is 2.92 bits per heavy atom. The average molecular weight is 175 g/mol. The van der Waals surface area contributed by atoms with Crippen LogP contribution in [0.1, 0.15) is 11.4 Å². The van der Waals surface area contributed by atoms with E-state index in [0.717, 1.165) is 11.4 Å². The monoisotopic (exact) mass is 175 g/mol. The fourth-order valence-corrected chi connectivity index (χ4v) is 1.46. The van der Waals surface area contributed by atoms with Gasteiger partial charge in [0.05, 0.1) is 6.20 Å². The predicted octanol–water partition coefficient (Wildman–Crippen LogP) is 1.14. The molecule has 1 N–H and O–H groups in total. The highest BCUT2D eigenvalue weighted by Crippen LogP contribution is 2.11. The molecule has 0 saturated carbocycles. The van der Waals surface area contributed by atoms with E-state index < -0.39 is 0 Å².